The number of hydrogen-bond acceptors (Lipinski definition) is 7. The lowest BCUT2D eigenvalue weighted by Crippen LogP contribution is -2.20. The molecule has 0 saturated heterocycles. The van der Waals surface area contributed by atoms with Crippen LogP contribution in [0.1, 0.15) is 18.1 Å². The third-order valence-corrected chi connectivity index (χ3v) is 4.57. The first-order valence-electron chi connectivity index (χ1n) is 7.02. The summed E-state index contributed by atoms with van der Waals surface area (Å²) < 4.78 is 24.4. The summed E-state index contributed by atoms with van der Waals surface area (Å²) in [4.78, 5) is 12.2. The van der Waals surface area contributed by atoms with Crippen LogP contribution < -0.4 is 10.6 Å². The van der Waals surface area contributed by atoms with Crippen LogP contribution in [0.15, 0.2) is 46.4 Å². The number of hydrogen-bond donors (Lipinski definition) is 3. The Morgan fingerprint density at radius 3 is 2.44 bits per heavy atom. The van der Waals surface area contributed by atoms with E-state index in [4.69, 9.17) is 5.73 Å². The fraction of sp³-hybridized carbons (Fsp3) is 0.133. The highest BCUT2D eigenvalue weighted by atomic mass is 32.2. The molecule has 0 heterocycles. The Morgan fingerprint density at radius 2 is 1.88 bits per heavy atom. The second-order valence-corrected chi connectivity index (χ2v) is 6.96. The number of benzene rings is 2. The molecule has 0 aliphatic rings. The molecule has 0 bridgehead atoms. The molecule has 2 aromatic rings. The van der Waals surface area contributed by atoms with Gasteiger partial charge in [0.05, 0.1) is 15.5 Å². The van der Waals surface area contributed by atoms with Crippen molar-refractivity contribution < 1.29 is 18.4 Å². The van der Waals surface area contributed by atoms with Crippen LogP contribution in [0.3, 0.4) is 0 Å². The van der Waals surface area contributed by atoms with Crippen LogP contribution in [0.4, 0.5) is 11.4 Å². The highest BCUT2D eigenvalue weighted by Gasteiger charge is 2.20. The molecule has 0 amide bonds. The van der Waals surface area contributed by atoms with Gasteiger partial charge < -0.3 is 10.8 Å². The number of phenols is 1. The van der Waals surface area contributed by atoms with Gasteiger partial charge in [0.25, 0.3) is 10.0 Å². The van der Waals surface area contributed by atoms with E-state index in [2.05, 4.69) is 5.10 Å². The third kappa shape index (κ3) is 4.04. The minimum Gasteiger partial charge on any atom is -0.502 e. The first-order valence-corrected chi connectivity index (χ1v) is 8.50. The van der Waals surface area contributed by atoms with Gasteiger partial charge in [-0.25, -0.2) is 0 Å². The van der Waals surface area contributed by atoms with Crippen LogP contribution >= 0.6 is 0 Å². The van der Waals surface area contributed by atoms with Crippen molar-refractivity contribution in [1.29, 1.82) is 0 Å². The number of nitrogens with one attached hydrogen (secondary N) is 1. The second kappa shape index (κ2) is 6.77. The fourth-order valence-corrected chi connectivity index (χ4v) is 2.92. The van der Waals surface area contributed by atoms with Gasteiger partial charge in [-0.1, -0.05) is 0 Å². The van der Waals surface area contributed by atoms with Gasteiger partial charge in [0.15, 0.2) is 0 Å². The Balaban J connectivity index is 2.36. The topological polar surface area (TPSA) is 148 Å². The number of aromatic hydroxyl groups is 1. The Kier molecular flexibility index (Phi) is 4.93. The zero-order valence-electron chi connectivity index (χ0n) is 13.4. The van der Waals surface area contributed by atoms with E-state index in [0.29, 0.717) is 11.3 Å². The zero-order chi connectivity index (χ0) is 18.8. The quantitative estimate of drug-likeness (QED) is 0.319. The molecule has 0 aliphatic carbocycles. The van der Waals surface area contributed by atoms with Crippen molar-refractivity contribution in [3.8, 4) is 5.75 Å². The molecule has 0 unspecified atom stereocenters. The molecule has 0 radical (unpaired) electrons. The van der Waals surface area contributed by atoms with Crippen molar-refractivity contribution in [1.82, 2.24) is 4.83 Å². The first kappa shape index (κ1) is 18.2. The molecule has 0 saturated carbocycles. The van der Waals surface area contributed by atoms with E-state index in [1.165, 1.54) is 43.3 Å². The number of nitro groups is 1. The van der Waals surface area contributed by atoms with Crippen LogP contribution in [-0.2, 0) is 10.0 Å². The minimum atomic E-state index is -3.94. The molecule has 0 atom stereocenters. The Bertz CT molecular complexity index is 953. The number of sulfonamides is 1. The molecule has 9 nitrogen and oxygen atoms in total. The number of hydrazone groups is 1. The van der Waals surface area contributed by atoms with Crippen LogP contribution in [0.25, 0.3) is 0 Å². The smallest absolute Gasteiger partial charge is 0.311 e. The number of nitrogens with two attached hydrogens (primary N) is 1. The van der Waals surface area contributed by atoms with E-state index in [-0.39, 0.29) is 16.2 Å². The Hall–Kier alpha value is -3.14. The zero-order valence-corrected chi connectivity index (χ0v) is 14.2. The molecular formula is C15H16N4O5S. The predicted octanol–water partition coefficient (Wildman–Crippen LogP) is 1.89. The monoisotopic (exact) mass is 364 g/mol. The maximum Gasteiger partial charge on any atom is 0.311 e. The van der Waals surface area contributed by atoms with E-state index < -0.39 is 26.4 Å². The second-order valence-electron chi connectivity index (χ2n) is 5.30. The van der Waals surface area contributed by atoms with Gasteiger partial charge in [-0.15, -0.1) is 0 Å². The fourth-order valence-electron chi connectivity index (χ4n) is 2.06. The van der Waals surface area contributed by atoms with Crippen molar-refractivity contribution in [3.05, 3.63) is 57.6 Å². The molecule has 0 spiro atoms. The molecule has 25 heavy (non-hydrogen) atoms. The number of nitro benzene ring substituents is 1. The maximum atomic E-state index is 12.2. The van der Waals surface area contributed by atoms with Gasteiger partial charge in [-0.3, -0.25) is 10.1 Å². The summed E-state index contributed by atoms with van der Waals surface area (Å²) >= 11 is 0. The van der Waals surface area contributed by atoms with Gasteiger partial charge in [0.2, 0.25) is 5.75 Å². The lowest BCUT2D eigenvalue weighted by Gasteiger charge is -2.08. The van der Waals surface area contributed by atoms with Crippen LogP contribution in [-0.4, -0.2) is 24.2 Å². The van der Waals surface area contributed by atoms with Crippen LogP contribution in [0.5, 0.6) is 5.75 Å². The highest BCUT2D eigenvalue weighted by molar-refractivity contribution is 7.89. The lowest BCUT2D eigenvalue weighted by atomic mass is 10.1. The average molecular weight is 364 g/mol. The summed E-state index contributed by atoms with van der Waals surface area (Å²) in [5, 5.41) is 24.7. The Morgan fingerprint density at radius 1 is 1.28 bits per heavy atom. The summed E-state index contributed by atoms with van der Waals surface area (Å²) in [5.41, 5.74) is 6.10. The molecule has 2 rings (SSSR count). The molecule has 0 aromatic heterocycles. The van der Waals surface area contributed by atoms with Gasteiger partial charge >= 0.3 is 5.69 Å². The summed E-state index contributed by atoms with van der Waals surface area (Å²) in [6.45, 7) is 3.03. The van der Waals surface area contributed by atoms with Gasteiger partial charge in [-0.05, 0) is 49.7 Å². The molecular weight excluding hydrogens is 348 g/mol. The van der Waals surface area contributed by atoms with Gasteiger partial charge in [-0.2, -0.15) is 18.4 Å². The standard InChI is InChI=1S/C15H16N4O5S/c1-9-7-13(15(20)14(8-9)19(21)22)10(2)17-18-25(23,24)12-5-3-11(16)4-6-12/h3-8,18,20H,16H2,1-2H3. The summed E-state index contributed by atoms with van der Waals surface area (Å²) in [5.74, 6) is -0.580. The SMILES string of the molecule is CC(=NNS(=O)(=O)c1ccc(N)cc1)c1cc(C)cc([N+](=O)[O-])c1O. The highest BCUT2D eigenvalue weighted by Crippen LogP contribution is 2.31. The van der Waals surface area contributed by atoms with E-state index in [0.717, 1.165) is 0 Å². The van der Waals surface area contributed by atoms with Crippen LogP contribution in [0, 0.1) is 17.0 Å². The first-order chi connectivity index (χ1) is 11.6. The van der Waals surface area contributed by atoms with Crippen molar-refractivity contribution in [2.45, 2.75) is 18.7 Å². The number of anilines is 1. The largest absolute Gasteiger partial charge is 0.502 e. The lowest BCUT2D eigenvalue weighted by molar-refractivity contribution is -0.385. The van der Waals surface area contributed by atoms with E-state index >= 15 is 0 Å². The van der Waals surface area contributed by atoms with Crippen molar-refractivity contribution >= 4 is 27.1 Å². The summed E-state index contributed by atoms with van der Waals surface area (Å²) in [6, 6.07) is 8.18. The molecule has 132 valence electrons. The third-order valence-electron chi connectivity index (χ3n) is 3.34. The molecule has 4 N–H and O–H groups in total. The number of nitrogens with zero attached hydrogens (tertiary/aromatic N) is 2. The maximum absolute atomic E-state index is 12.2. The van der Waals surface area contributed by atoms with Crippen molar-refractivity contribution in [2.24, 2.45) is 5.10 Å². The van der Waals surface area contributed by atoms with E-state index in [1.54, 1.807) is 6.92 Å². The predicted molar refractivity (Wildman–Crippen MR) is 92.9 cm³/mol. The minimum absolute atomic E-state index is 0.0438. The number of aryl methyl sites for hydroxylation is 1. The number of phenolic OH excluding ortho intramolecular Hbond substituents is 1. The van der Waals surface area contributed by atoms with Crippen molar-refractivity contribution in [2.75, 3.05) is 5.73 Å². The van der Waals surface area contributed by atoms with Gasteiger partial charge in [0, 0.05) is 17.3 Å². The molecule has 10 heteroatoms. The van der Waals surface area contributed by atoms with Crippen molar-refractivity contribution in [3.63, 3.8) is 0 Å². The van der Waals surface area contributed by atoms with Crippen LogP contribution in [0.2, 0.25) is 0 Å². The summed E-state index contributed by atoms with van der Waals surface area (Å²) in [6.07, 6.45) is 0. The van der Waals surface area contributed by atoms with Gasteiger partial charge in [0.1, 0.15) is 0 Å². The molecule has 0 aliphatic heterocycles. The number of rotatable bonds is 5. The molecule has 0 fully saturated rings. The Labute approximate surface area is 144 Å². The normalized spacial score (nSPS) is 12.0. The van der Waals surface area contributed by atoms with E-state index in [9.17, 15) is 23.6 Å². The number of nitrogen functional groups attached to an aromatic ring is 1. The molecule has 2 aromatic carbocycles. The van der Waals surface area contributed by atoms with E-state index in [1.807, 2.05) is 4.83 Å². The summed E-state index contributed by atoms with van der Waals surface area (Å²) in [7, 11) is -3.94. The average Bonchev–Trinajstić information content (AvgIpc) is 2.54.